The third kappa shape index (κ3) is 4.28. The monoisotopic (exact) mass is 442 g/mol. The van der Waals surface area contributed by atoms with Gasteiger partial charge in [-0.2, -0.15) is 0 Å². The van der Waals surface area contributed by atoms with E-state index in [1.807, 2.05) is 26.8 Å². The van der Waals surface area contributed by atoms with E-state index in [1.54, 1.807) is 35.2 Å². The maximum absolute atomic E-state index is 13.1. The van der Waals surface area contributed by atoms with Crippen molar-refractivity contribution in [1.82, 2.24) is 0 Å². The van der Waals surface area contributed by atoms with E-state index >= 15 is 0 Å². The van der Waals surface area contributed by atoms with Crippen LogP contribution in [0.2, 0.25) is 0 Å². The molecule has 6 nitrogen and oxygen atoms in total. The van der Waals surface area contributed by atoms with Gasteiger partial charge in [0, 0.05) is 6.54 Å². The number of rotatable bonds is 5. The molecule has 1 aliphatic heterocycles. The van der Waals surface area contributed by atoms with E-state index in [9.17, 15) is 13.2 Å². The van der Waals surface area contributed by atoms with Gasteiger partial charge >= 0.3 is 0 Å². The number of amides is 1. The predicted molar refractivity (Wildman–Crippen MR) is 122 cm³/mol. The summed E-state index contributed by atoms with van der Waals surface area (Å²) in [5, 5.41) is 0. The van der Waals surface area contributed by atoms with Gasteiger partial charge in [-0.25, -0.2) is 8.42 Å². The lowest BCUT2D eigenvalue weighted by Crippen LogP contribution is -2.42. The maximum atomic E-state index is 13.1. The average Bonchev–Trinajstić information content (AvgIpc) is 2.83. The molecule has 0 aromatic heterocycles. The van der Waals surface area contributed by atoms with E-state index in [2.05, 4.69) is 4.72 Å². The highest BCUT2D eigenvalue weighted by molar-refractivity contribution is 7.92. The molecule has 2 aromatic carbocycles. The zero-order chi connectivity index (χ0) is 22.2. The molecular weight excluding hydrogens is 412 g/mol. The number of ether oxygens (including phenoxy) is 1. The van der Waals surface area contributed by atoms with Gasteiger partial charge in [0.25, 0.3) is 10.0 Å². The molecule has 0 spiro atoms. The first-order chi connectivity index (χ1) is 14.7. The fraction of sp³-hybridized carbons (Fsp3) is 0.458. The van der Waals surface area contributed by atoms with Crippen LogP contribution in [0.3, 0.4) is 0 Å². The summed E-state index contributed by atoms with van der Waals surface area (Å²) in [5.74, 6) is 0.562. The lowest BCUT2D eigenvalue weighted by molar-refractivity contribution is -0.127. The van der Waals surface area contributed by atoms with Gasteiger partial charge in [-0.1, -0.05) is 13.0 Å². The third-order valence-corrected chi connectivity index (χ3v) is 7.37. The van der Waals surface area contributed by atoms with Crippen molar-refractivity contribution in [3.8, 4) is 5.75 Å². The molecule has 2 aliphatic rings. The van der Waals surface area contributed by atoms with Gasteiger partial charge in [0.05, 0.1) is 21.7 Å². The van der Waals surface area contributed by atoms with E-state index in [4.69, 9.17) is 4.74 Å². The second kappa shape index (κ2) is 8.19. The standard InChI is InChI=1S/C24H30N2O4S/c1-4-13-26-21-15-19(10-12-22(21)30-16-24(2,3)23(26)27)25-31(28,29)20-11-9-17-7-5-6-8-18(17)14-20/h9-12,14-15,25H,4-8,13,16H2,1-3H3. The van der Waals surface area contributed by atoms with Crippen molar-refractivity contribution < 1.29 is 17.9 Å². The fourth-order valence-corrected chi connectivity index (χ4v) is 5.34. The summed E-state index contributed by atoms with van der Waals surface area (Å²) in [6.45, 7) is 6.56. The average molecular weight is 443 g/mol. The van der Waals surface area contributed by atoms with E-state index in [-0.39, 0.29) is 17.4 Å². The SMILES string of the molecule is CCCN1C(=O)C(C)(C)COc2ccc(NS(=O)(=O)c3ccc4c(c3)CCCC4)cc21. The normalized spacial score (nSPS) is 17.9. The van der Waals surface area contributed by atoms with Crippen molar-refractivity contribution in [1.29, 1.82) is 0 Å². The van der Waals surface area contributed by atoms with Crippen LogP contribution in [0.1, 0.15) is 51.2 Å². The van der Waals surface area contributed by atoms with E-state index in [1.165, 1.54) is 5.56 Å². The third-order valence-electron chi connectivity index (χ3n) is 5.99. The Morgan fingerprint density at radius 1 is 1.06 bits per heavy atom. The van der Waals surface area contributed by atoms with Gasteiger partial charge in [-0.15, -0.1) is 0 Å². The highest BCUT2D eigenvalue weighted by Crippen LogP contribution is 2.38. The van der Waals surface area contributed by atoms with Crippen molar-refractivity contribution in [3.05, 3.63) is 47.5 Å². The number of carbonyl (C=O) groups excluding carboxylic acids is 1. The quantitative estimate of drug-likeness (QED) is 0.738. The number of fused-ring (bicyclic) bond motifs is 2. The molecule has 2 aromatic rings. The summed E-state index contributed by atoms with van der Waals surface area (Å²) in [6.07, 6.45) is 4.95. The predicted octanol–water partition coefficient (Wildman–Crippen LogP) is 4.53. The molecule has 1 aliphatic carbocycles. The van der Waals surface area contributed by atoms with Crippen molar-refractivity contribution in [2.45, 2.75) is 57.8 Å². The summed E-state index contributed by atoms with van der Waals surface area (Å²) in [5.41, 5.74) is 2.71. The summed E-state index contributed by atoms with van der Waals surface area (Å²) in [4.78, 5) is 15.1. The number of nitrogens with one attached hydrogen (secondary N) is 1. The molecule has 166 valence electrons. The topological polar surface area (TPSA) is 75.7 Å². The smallest absolute Gasteiger partial charge is 0.261 e. The van der Waals surface area contributed by atoms with Crippen molar-refractivity contribution in [3.63, 3.8) is 0 Å². The van der Waals surface area contributed by atoms with Crippen LogP contribution in [0, 0.1) is 5.41 Å². The molecular formula is C24H30N2O4S. The Balaban J connectivity index is 1.66. The number of anilines is 2. The Hall–Kier alpha value is -2.54. The Kier molecular flexibility index (Phi) is 5.73. The zero-order valence-corrected chi connectivity index (χ0v) is 19.2. The van der Waals surface area contributed by atoms with Gasteiger partial charge in [0.15, 0.2) is 0 Å². The molecule has 0 bridgehead atoms. The second-order valence-corrected chi connectivity index (χ2v) is 10.7. The molecule has 1 N–H and O–H groups in total. The number of nitrogens with zero attached hydrogens (tertiary/aromatic N) is 1. The number of hydrogen-bond donors (Lipinski definition) is 1. The van der Waals surface area contributed by atoms with Crippen LogP contribution in [-0.4, -0.2) is 27.5 Å². The molecule has 1 heterocycles. The van der Waals surface area contributed by atoms with Gasteiger partial charge < -0.3 is 9.64 Å². The molecule has 0 atom stereocenters. The van der Waals surface area contributed by atoms with E-state index in [0.717, 1.165) is 37.7 Å². The highest BCUT2D eigenvalue weighted by Gasteiger charge is 2.37. The van der Waals surface area contributed by atoms with E-state index < -0.39 is 15.4 Å². The van der Waals surface area contributed by atoms with Crippen LogP contribution in [0.5, 0.6) is 5.75 Å². The number of hydrogen-bond acceptors (Lipinski definition) is 4. The Morgan fingerprint density at radius 2 is 1.81 bits per heavy atom. The Bertz CT molecular complexity index is 1110. The minimum atomic E-state index is -3.74. The maximum Gasteiger partial charge on any atom is 0.261 e. The first-order valence-electron chi connectivity index (χ1n) is 10.9. The molecule has 1 amide bonds. The summed E-state index contributed by atoms with van der Waals surface area (Å²) in [7, 11) is -3.74. The Morgan fingerprint density at radius 3 is 2.55 bits per heavy atom. The molecule has 0 saturated heterocycles. The van der Waals surface area contributed by atoms with Gasteiger partial charge in [0.2, 0.25) is 5.91 Å². The molecule has 7 heteroatoms. The fourth-order valence-electron chi connectivity index (χ4n) is 4.25. The van der Waals surface area contributed by atoms with Crippen LogP contribution >= 0.6 is 0 Å². The van der Waals surface area contributed by atoms with Crippen LogP contribution < -0.4 is 14.4 Å². The molecule has 31 heavy (non-hydrogen) atoms. The molecule has 0 saturated carbocycles. The number of aryl methyl sites for hydroxylation is 2. The summed E-state index contributed by atoms with van der Waals surface area (Å²) >= 11 is 0. The van der Waals surface area contributed by atoms with Crippen molar-refractivity contribution in [2.75, 3.05) is 22.8 Å². The largest absolute Gasteiger partial charge is 0.490 e. The van der Waals surface area contributed by atoms with E-state index in [0.29, 0.717) is 23.7 Å². The molecule has 0 fully saturated rings. The van der Waals surface area contributed by atoms with Gasteiger partial charge in [0.1, 0.15) is 12.4 Å². The summed E-state index contributed by atoms with van der Waals surface area (Å²) in [6, 6.07) is 10.5. The minimum absolute atomic E-state index is 0.0252. The van der Waals surface area contributed by atoms with Crippen LogP contribution in [0.15, 0.2) is 41.3 Å². The first kappa shape index (κ1) is 21.7. The highest BCUT2D eigenvalue weighted by atomic mass is 32.2. The molecule has 4 rings (SSSR count). The lowest BCUT2D eigenvalue weighted by atomic mass is 9.92. The van der Waals surface area contributed by atoms with Gasteiger partial charge in [-0.3, -0.25) is 9.52 Å². The first-order valence-corrected chi connectivity index (χ1v) is 12.4. The zero-order valence-electron chi connectivity index (χ0n) is 18.4. The minimum Gasteiger partial charge on any atom is -0.490 e. The van der Waals surface area contributed by atoms with Crippen molar-refractivity contribution >= 4 is 27.3 Å². The molecule has 0 radical (unpaired) electrons. The number of benzene rings is 2. The summed E-state index contributed by atoms with van der Waals surface area (Å²) < 4.78 is 34.7. The van der Waals surface area contributed by atoms with Gasteiger partial charge in [-0.05, 0) is 87.4 Å². The van der Waals surface area contributed by atoms with Crippen LogP contribution in [0.25, 0.3) is 0 Å². The van der Waals surface area contributed by atoms with Crippen LogP contribution in [0.4, 0.5) is 11.4 Å². The number of sulfonamides is 1. The Labute approximate surface area is 184 Å². The molecule has 0 unspecified atom stereocenters. The number of carbonyl (C=O) groups is 1. The van der Waals surface area contributed by atoms with Crippen LogP contribution in [-0.2, 0) is 27.7 Å². The second-order valence-electron chi connectivity index (χ2n) is 9.05. The lowest BCUT2D eigenvalue weighted by Gasteiger charge is -2.28. The van der Waals surface area contributed by atoms with Crippen molar-refractivity contribution in [2.24, 2.45) is 5.41 Å².